The summed E-state index contributed by atoms with van der Waals surface area (Å²) in [7, 11) is 0. The normalized spacial score (nSPS) is 22.5. The van der Waals surface area contributed by atoms with Crippen LogP contribution < -0.4 is 11.2 Å². The van der Waals surface area contributed by atoms with Crippen LogP contribution in [0.25, 0.3) is 0 Å². The number of carbonyl (C=O) groups is 1. The number of aromatic nitrogens is 2. The van der Waals surface area contributed by atoms with Crippen LogP contribution in [-0.4, -0.2) is 21.6 Å². The smallest absolute Gasteiger partial charge is 0.329 e. The summed E-state index contributed by atoms with van der Waals surface area (Å²) in [5, 5.41) is -0.222. The van der Waals surface area contributed by atoms with Gasteiger partial charge in [-0.05, 0) is 6.92 Å². The van der Waals surface area contributed by atoms with Gasteiger partial charge in [0.25, 0.3) is 5.56 Å². The molecule has 0 aliphatic carbocycles. The van der Waals surface area contributed by atoms with Crippen molar-refractivity contribution in [3.8, 4) is 0 Å². The summed E-state index contributed by atoms with van der Waals surface area (Å²) in [6, 6.07) is 0. The summed E-state index contributed by atoms with van der Waals surface area (Å²) in [5.74, 6) is -0.377. The molecule has 102 valence electrons. The molecule has 0 bridgehead atoms. The zero-order valence-corrected chi connectivity index (χ0v) is 11.5. The third kappa shape index (κ3) is 2.81. The molecule has 0 radical (unpaired) electrons. The van der Waals surface area contributed by atoms with E-state index in [1.54, 1.807) is 6.92 Å². The number of thioether (sulfide) groups is 1. The summed E-state index contributed by atoms with van der Waals surface area (Å²) < 4.78 is 6.56. The topological polar surface area (TPSA) is 81.2 Å². The lowest BCUT2D eigenvalue weighted by molar-refractivity contribution is -0.144. The van der Waals surface area contributed by atoms with E-state index in [-0.39, 0.29) is 16.9 Å². The van der Waals surface area contributed by atoms with E-state index in [9.17, 15) is 14.4 Å². The van der Waals surface area contributed by atoms with Crippen molar-refractivity contribution in [1.82, 2.24) is 9.55 Å². The Hall–Kier alpha value is -1.76. The van der Waals surface area contributed by atoms with E-state index >= 15 is 0 Å². The van der Waals surface area contributed by atoms with E-state index in [0.29, 0.717) is 16.9 Å². The van der Waals surface area contributed by atoms with Crippen LogP contribution in [0.2, 0.25) is 0 Å². The average molecular weight is 282 g/mol. The second-order valence-corrected chi connectivity index (χ2v) is 5.66. The van der Waals surface area contributed by atoms with Gasteiger partial charge in [-0.1, -0.05) is 6.58 Å². The number of carbonyl (C=O) groups excluding carboxylic acids is 1. The first-order chi connectivity index (χ1) is 8.88. The number of aromatic amines is 1. The Morgan fingerprint density at radius 1 is 1.58 bits per heavy atom. The largest absolute Gasteiger partial charge is 0.457 e. The zero-order valence-electron chi connectivity index (χ0n) is 10.6. The number of H-pyrrole nitrogens is 1. The van der Waals surface area contributed by atoms with Gasteiger partial charge in [0.15, 0.2) is 0 Å². The molecule has 1 aromatic heterocycles. The van der Waals surface area contributed by atoms with Crippen LogP contribution in [0.1, 0.15) is 24.3 Å². The summed E-state index contributed by atoms with van der Waals surface area (Å²) in [6.07, 6.45) is 1.59. The number of aryl methyl sites for hydroxylation is 1. The number of rotatable bonds is 2. The lowest BCUT2D eigenvalue weighted by atomic mass is 10.2. The third-order valence-corrected chi connectivity index (χ3v) is 4.08. The van der Waals surface area contributed by atoms with Crippen LogP contribution in [0.15, 0.2) is 27.3 Å². The third-order valence-electron chi connectivity index (χ3n) is 2.83. The van der Waals surface area contributed by atoms with Gasteiger partial charge in [0.05, 0.1) is 5.37 Å². The van der Waals surface area contributed by atoms with Gasteiger partial charge in [-0.15, -0.1) is 11.8 Å². The molecule has 7 heteroatoms. The first-order valence-electron chi connectivity index (χ1n) is 5.73. The van der Waals surface area contributed by atoms with Crippen molar-refractivity contribution < 1.29 is 9.53 Å². The lowest BCUT2D eigenvalue weighted by Gasteiger charge is -2.13. The van der Waals surface area contributed by atoms with Gasteiger partial charge < -0.3 is 4.74 Å². The highest BCUT2D eigenvalue weighted by Gasteiger charge is 2.33. The lowest BCUT2D eigenvalue weighted by Crippen LogP contribution is -2.32. The SMILES string of the molecule is C=C1S[C@@H](n2cc(C)c(=O)[nH]c2=O)C[C@@H]1OC(C)=O. The van der Waals surface area contributed by atoms with Crippen molar-refractivity contribution >= 4 is 17.7 Å². The van der Waals surface area contributed by atoms with Crippen molar-refractivity contribution in [1.29, 1.82) is 0 Å². The molecule has 0 unspecified atom stereocenters. The Bertz CT molecular complexity index is 646. The predicted octanol–water partition coefficient (Wildman–Crippen LogP) is 0.926. The first kappa shape index (κ1) is 13.7. The molecular weight excluding hydrogens is 268 g/mol. The van der Waals surface area contributed by atoms with Crippen LogP contribution in [-0.2, 0) is 9.53 Å². The van der Waals surface area contributed by atoms with Gasteiger partial charge in [0, 0.05) is 30.0 Å². The highest BCUT2D eigenvalue weighted by atomic mass is 32.2. The van der Waals surface area contributed by atoms with E-state index < -0.39 is 11.8 Å². The molecule has 2 atom stereocenters. The standard InChI is InChI=1S/C12H14N2O4S/c1-6-5-14(12(17)13-11(6)16)10-4-9(7(2)19-10)18-8(3)15/h5,9-10H,2,4H2,1,3H3,(H,13,16,17)/t9-,10+/m0/s1. The van der Waals surface area contributed by atoms with Gasteiger partial charge in [-0.2, -0.15) is 0 Å². The van der Waals surface area contributed by atoms with E-state index in [1.165, 1.54) is 29.4 Å². The quantitative estimate of drug-likeness (QED) is 0.816. The van der Waals surface area contributed by atoms with Gasteiger partial charge in [-0.3, -0.25) is 19.1 Å². The molecule has 0 spiro atoms. The molecule has 1 fully saturated rings. The maximum absolute atomic E-state index is 11.8. The molecular formula is C12H14N2O4S. The second-order valence-electron chi connectivity index (χ2n) is 4.35. The minimum absolute atomic E-state index is 0.222. The van der Waals surface area contributed by atoms with E-state index in [4.69, 9.17) is 4.74 Å². The number of nitrogens with one attached hydrogen (secondary N) is 1. The van der Waals surface area contributed by atoms with Crippen LogP contribution in [0.4, 0.5) is 0 Å². The maximum Gasteiger partial charge on any atom is 0.329 e. The molecule has 6 nitrogen and oxygen atoms in total. The zero-order chi connectivity index (χ0) is 14.2. The van der Waals surface area contributed by atoms with Crippen molar-refractivity contribution in [3.05, 3.63) is 44.1 Å². The Balaban J connectivity index is 2.28. The number of hydrogen-bond acceptors (Lipinski definition) is 5. The van der Waals surface area contributed by atoms with Gasteiger partial charge in [0.1, 0.15) is 6.10 Å². The number of hydrogen-bond donors (Lipinski definition) is 1. The fourth-order valence-electron chi connectivity index (χ4n) is 1.90. The van der Waals surface area contributed by atoms with Crippen molar-refractivity contribution in [3.63, 3.8) is 0 Å². The Labute approximate surface area is 113 Å². The Morgan fingerprint density at radius 2 is 2.26 bits per heavy atom. The van der Waals surface area contributed by atoms with Gasteiger partial charge >= 0.3 is 11.7 Å². The molecule has 0 aromatic carbocycles. The molecule has 1 aliphatic heterocycles. The minimum Gasteiger partial charge on any atom is -0.457 e. The molecule has 1 aromatic rings. The predicted molar refractivity (Wildman–Crippen MR) is 72.0 cm³/mol. The Kier molecular flexibility index (Phi) is 3.66. The van der Waals surface area contributed by atoms with Crippen LogP contribution in [0, 0.1) is 6.92 Å². The summed E-state index contributed by atoms with van der Waals surface area (Å²) >= 11 is 1.37. The van der Waals surface area contributed by atoms with Crippen LogP contribution >= 0.6 is 11.8 Å². The van der Waals surface area contributed by atoms with E-state index in [0.717, 1.165) is 0 Å². The molecule has 1 aliphatic rings. The molecule has 1 N–H and O–H groups in total. The summed E-state index contributed by atoms with van der Waals surface area (Å²) in [6.45, 7) is 6.80. The fraction of sp³-hybridized carbons (Fsp3) is 0.417. The number of esters is 1. The van der Waals surface area contributed by atoms with Gasteiger partial charge in [0.2, 0.25) is 0 Å². The molecule has 0 saturated carbocycles. The van der Waals surface area contributed by atoms with Crippen molar-refractivity contribution in [2.24, 2.45) is 0 Å². The highest BCUT2D eigenvalue weighted by Crippen LogP contribution is 2.44. The average Bonchev–Trinajstić information content (AvgIpc) is 2.64. The van der Waals surface area contributed by atoms with Crippen LogP contribution in [0.3, 0.4) is 0 Å². The Morgan fingerprint density at radius 3 is 2.89 bits per heavy atom. The molecule has 2 rings (SSSR count). The highest BCUT2D eigenvalue weighted by molar-refractivity contribution is 8.03. The minimum atomic E-state index is -0.468. The molecule has 1 saturated heterocycles. The molecule has 2 heterocycles. The first-order valence-corrected chi connectivity index (χ1v) is 6.61. The van der Waals surface area contributed by atoms with Crippen molar-refractivity contribution in [2.45, 2.75) is 31.7 Å². The molecule has 0 amide bonds. The second kappa shape index (κ2) is 5.08. The van der Waals surface area contributed by atoms with E-state index in [1.807, 2.05) is 0 Å². The van der Waals surface area contributed by atoms with Gasteiger partial charge in [-0.25, -0.2) is 4.79 Å². The fourth-order valence-corrected chi connectivity index (χ4v) is 3.08. The molecule has 19 heavy (non-hydrogen) atoms. The monoisotopic (exact) mass is 282 g/mol. The summed E-state index contributed by atoms with van der Waals surface area (Å²) in [4.78, 5) is 37.0. The number of nitrogens with zero attached hydrogens (tertiary/aromatic N) is 1. The van der Waals surface area contributed by atoms with Crippen molar-refractivity contribution in [2.75, 3.05) is 0 Å². The van der Waals surface area contributed by atoms with Crippen LogP contribution in [0.5, 0.6) is 0 Å². The summed E-state index contributed by atoms with van der Waals surface area (Å²) in [5.41, 5.74) is -0.397. The van der Waals surface area contributed by atoms with E-state index in [2.05, 4.69) is 11.6 Å². The number of ether oxygens (including phenoxy) is 1. The maximum atomic E-state index is 11.8.